The molecule has 0 fully saturated rings. The Morgan fingerprint density at radius 2 is 2.03 bits per heavy atom. The summed E-state index contributed by atoms with van der Waals surface area (Å²) in [6.45, 7) is 2.37. The molecule has 3 rings (SSSR count). The van der Waals surface area contributed by atoms with Crippen molar-refractivity contribution < 1.29 is 18.7 Å². The van der Waals surface area contributed by atoms with Crippen molar-refractivity contribution >= 4 is 40.3 Å². The standard InChI is InChI=1S/C20H20ClFN4O3/c1-3-29-20(28)24-13-5-7-17-16(11-13)25-18(26(17)2)8-9-23-19(27)12-4-6-15(22)14(21)10-12/h4-7,10-11H,3,8-9H2,1-2H3,(H,23,27)(H,24,28). The van der Waals surface area contributed by atoms with Crippen LogP contribution in [-0.4, -0.2) is 34.7 Å². The molecule has 0 bridgehead atoms. The number of rotatable bonds is 6. The number of imidazole rings is 1. The van der Waals surface area contributed by atoms with Crippen LogP contribution in [0.25, 0.3) is 11.0 Å². The third kappa shape index (κ3) is 4.83. The number of hydrogen-bond donors (Lipinski definition) is 2. The average molecular weight is 419 g/mol. The average Bonchev–Trinajstić information content (AvgIpc) is 2.99. The third-order valence-electron chi connectivity index (χ3n) is 4.31. The molecule has 2 N–H and O–H groups in total. The van der Waals surface area contributed by atoms with Gasteiger partial charge in [0.1, 0.15) is 11.6 Å². The van der Waals surface area contributed by atoms with E-state index in [4.69, 9.17) is 16.3 Å². The number of carbonyl (C=O) groups excluding carboxylic acids is 2. The van der Waals surface area contributed by atoms with E-state index in [1.54, 1.807) is 19.1 Å². The van der Waals surface area contributed by atoms with E-state index in [0.29, 0.717) is 24.2 Å². The Bertz CT molecular complexity index is 1070. The predicted molar refractivity (Wildman–Crippen MR) is 109 cm³/mol. The van der Waals surface area contributed by atoms with E-state index in [2.05, 4.69) is 15.6 Å². The molecule has 7 nitrogen and oxygen atoms in total. The van der Waals surface area contributed by atoms with Crippen LogP contribution in [0.2, 0.25) is 5.02 Å². The second-order valence-corrected chi connectivity index (χ2v) is 6.68. The Balaban J connectivity index is 1.65. The van der Waals surface area contributed by atoms with Gasteiger partial charge >= 0.3 is 6.09 Å². The van der Waals surface area contributed by atoms with E-state index in [-0.39, 0.29) is 23.1 Å². The zero-order chi connectivity index (χ0) is 21.0. The van der Waals surface area contributed by atoms with Crippen LogP contribution in [0, 0.1) is 5.82 Å². The number of nitrogens with zero attached hydrogens (tertiary/aromatic N) is 2. The molecule has 2 aromatic carbocycles. The van der Waals surface area contributed by atoms with E-state index >= 15 is 0 Å². The lowest BCUT2D eigenvalue weighted by molar-refractivity contribution is 0.0953. The number of aromatic nitrogens is 2. The van der Waals surface area contributed by atoms with Crippen LogP contribution >= 0.6 is 11.6 Å². The molecule has 1 aromatic heterocycles. The highest BCUT2D eigenvalue weighted by atomic mass is 35.5. The highest BCUT2D eigenvalue weighted by molar-refractivity contribution is 6.31. The van der Waals surface area contributed by atoms with Crippen LogP contribution < -0.4 is 10.6 Å². The molecular formula is C20H20ClFN4O3. The number of halogens is 2. The molecule has 2 amide bonds. The van der Waals surface area contributed by atoms with Gasteiger partial charge in [0.2, 0.25) is 0 Å². The van der Waals surface area contributed by atoms with E-state index in [9.17, 15) is 14.0 Å². The number of amides is 2. The van der Waals surface area contributed by atoms with Gasteiger partial charge in [0.25, 0.3) is 5.91 Å². The van der Waals surface area contributed by atoms with Crippen molar-refractivity contribution in [1.82, 2.24) is 14.9 Å². The van der Waals surface area contributed by atoms with Gasteiger partial charge in [-0.2, -0.15) is 0 Å². The van der Waals surface area contributed by atoms with Gasteiger partial charge in [-0.05, 0) is 43.3 Å². The Hall–Kier alpha value is -3.13. The van der Waals surface area contributed by atoms with E-state index in [1.165, 1.54) is 12.1 Å². The Labute approximate surface area is 171 Å². The molecule has 0 saturated carbocycles. The first kappa shape index (κ1) is 20.6. The number of hydrogen-bond acceptors (Lipinski definition) is 4. The lowest BCUT2D eigenvalue weighted by Crippen LogP contribution is -2.26. The minimum absolute atomic E-state index is 0.0970. The molecule has 3 aromatic rings. The van der Waals surface area contributed by atoms with Gasteiger partial charge in [-0.25, -0.2) is 14.2 Å². The normalized spacial score (nSPS) is 10.8. The van der Waals surface area contributed by atoms with Gasteiger partial charge in [-0.15, -0.1) is 0 Å². The highest BCUT2D eigenvalue weighted by Crippen LogP contribution is 2.20. The Morgan fingerprint density at radius 3 is 2.76 bits per heavy atom. The van der Waals surface area contributed by atoms with Crippen molar-refractivity contribution in [1.29, 1.82) is 0 Å². The molecular weight excluding hydrogens is 399 g/mol. The summed E-state index contributed by atoms with van der Waals surface area (Å²) in [6, 6.07) is 9.21. The van der Waals surface area contributed by atoms with Crippen molar-refractivity contribution in [2.24, 2.45) is 7.05 Å². The van der Waals surface area contributed by atoms with Crippen LogP contribution in [0.15, 0.2) is 36.4 Å². The summed E-state index contributed by atoms with van der Waals surface area (Å²) in [5, 5.41) is 5.32. The van der Waals surface area contributed by atoms with Crippen LogP contribution in [0.4, 0.5) is 14.9 Å². The molecule has 1 heterocycles. The first-order valence-electron chi connectivity index (χ1n) is 9.01. The van der Waals surface area contributed by atoms with E-state index < -0.39 is 11.9 Å². The van der Waals surface area contributed by atoms with Crippen molar-refractivity contribution in [2.45, 2.75) is 13.3 Å². The van der Waals surface area contributed by atoms with Gasteiger partial charge in [0.05, 0.1) is 22.7 Å². The van der Waals surface area contributed by atoms with Crippen LogP contribution in [-0.2, 0) is 18.2 Å². The molecule has 0 aliphatic rings. The van der Waals surface area contributed by atoms with Crippen LogP contribution in [0.3, 0.4) is 0 Å². The highest BCUT2D eigenvalue weighted by Gasteiger charge is 2.12. The van der Waals surface area contributed by atoms with Crippen molar-refractivity contribution in [3.05, 3.63) is 58.6 Å². The fourth-order valence-corrected chi connectivity index (χ4v) is 3.04. The molecule has 152 valence electrons. The fraction of sp³-hybridized carbons (Fsp3) is 0.250. The topological polar surface area (TPSA) is 85.2 Å². The summed E-state index contributed by atoms with van der Waals surface area (Å²) in [7, 11) is 1.88. The lowest BCUT2D eigenvalue weighted by Gasteiger charge is -2.06. The second kappa shape index (κ2) is 8.91. The summed E-state index contributed by atoms with van der Waals surface area (Å²) >= 11 is 5.71. The lowest BCUT2D eigenvalue weighted by atomic mass is 10.2. The number of anilines is 1. The molecule has 29 heavy (non-hydrogen) atoms. The summed E-state index contributed by atoms with van der Waals surface area (Å²) in [5.41, 5.74) is 2.48. The summed E-state index contributed by atoms with van der Waals surface area (Å²) in [6.07, 6.45) is -0.0291. The summed E-state index contributed by atoms with van der Waals surface area (Å²) in [4.78, 5) is 28.3. The maximum atomic E-state index is 13.2. The van der Waals surface area contributed by atoms with Crippen molar-refractivity contribution in [2.75, 3.05) is 18.5 Å². The zero-order valence-electron chi connectivity index (χ0n) is 16.0. The molecule has 0 aliphatic carbocycles. The maximum absolute atomic E-state index is 13.2. The molecule has 0 radical (unpaired) electrons. The second-order valence-electron chi connectivity index (χ2n) is 6.27. The Morgan fingerprint density at radius 1 is 1.24 bits per heavy atom. The fourth-order valence-electron chi connectivity index (χ4n) is 2.86. The molecule has 0 saturated heterocycles. The third-order valence-corrected chi connectivity index (χ3v) is 4.60. The van der Waals surface area contributed by atoms with Crippen LogP contribution in [0.1, 0.15) is 23.1 Å². The van der Waals surface area contributed by atoms with E-state index in [1.807, 2.05) is 17.7 Å². The molecule has 0 unspecified atom stereocenters. The molecule has 9 heteroatoms. The quantitative estimate of drug-likeness (QED) is 0.635. The zero-order valence-corrected chi connectivity index (χ0v) is 16.7. The first-order chi connectivity index (χ1) is 13.9. The Kier molecular flexibility index (Phi) is 6.33. The van der Waals surface area contributed by atoms with Crippen molar-refractivity contribution in [3.8, 4) is 0 Å². The summed E-state index contributed by atoms with van der Waals surface area (Å²) in [5.74, 6) is -0.142. The van der Waals surface area contributed by atoms with E-state index in [0.717, 1.165) is 17.4 Å². The van der Waals surface area contributed by atoms with Crippen LogP contribution in [0.5, 0.6) is 0 Å². The SMILES string of the molecule is CCOC(=O)Nc1ccc2c(c1)nc(CCNC(=O)c1ccc(F)c(Cl)c1)n2C. The van der Waals surface area contributed by atoms with Gasteiger partial charge in [-0.1, -0.05) is 11.6 Å². The van der Waals surface area contributed by atoms with Gasteiger partial charge < -0.3 is 14.6 Å². The maximum Gasteiger partial charge on any atom is 0.411 e. The van der Waals surface area contributed by atoms with Gasteiger partial charge in [0, 0.05) is 31.3 Å². The monoisotopic (exact) mass is 418 g/mol. The number of ether oxygens (including phenoxy) is 1. The number of nitrogens with one attached hydrogen (secondary N) is 2. The largest absolute Gasteiger partial charge is 0.450 e. The number of carbonyl (C=O) groups is 2. The number of aryl methyl sites for hydroxylation is 1. The smallest absolute Gasteiger partial charge is 0.411 e. The number of fused-ring (bicyclic) bond motifs is 1. The summed E-state index contributed by atoms with van der Waals surface area (Å²) < 4.78 is 20.0. The first-order valence-corrected chi connectivity index (χ1v) is 9.39. The predicted octanol–water partition coefficient (Wildman–Crippen LogP) is 3.91. The molecule has 0 spiro atoms. The minimum Gasteiger partial charge on any atom is -0.450 e. The van der Waals surface area contributed by atoms with Gasteiger partial charge in [-0.3, -0.25) is 10.1 Å². The number of benzene rings is 2. The van der Waals surface area contributed by atoms with Crippen molar-refractivity contribution in [3.63, 3.8) is 0 Å². The minimum atomic E-state index is -0.570. The van der Waals surface area contributed by atoms with Gasteiger partial charge in [0.15, 0.2) is 0 Å². The molecule has 0 aliphatic heterocycles. The molecule has 0 atom stereocenters.